The lowest BCUT2D eigenvalue weighted by Crippen LogP contribution is -2.20. The van der Waals surface area contributed by atoms with Crippen LogP contribution in [0.5, 0.6) is 0 Å². The standard InChI is InChI=1S/C14H21N3O4S/c1-4-6-12(7-5-2)15-16-22(20,21)13-9-8-11(3)14(10-13)17(18)19/h8-10,16H,4-7H2,1-3H3. The van der Waals surface area contributed by atoms with Gasteiger partial charge < -0.3 is 0 Å². The van der Waals surface area contributed by atoms with Crippen LogP contribution in [0.4, 0.5) is 5.69 Å². The Hall–Kier alpha value is -1.96. The maximum atomic E-state index is 12.2. The molecule has 0 aliphatic heterocycles. The molecule has 1 aromatic rings. The first kappa shape index (κ1) is 18.1. The smallest absolute Gasteiger partial charge is 0.258 e. The van der Waals surface area contributed by atoms with Gasteiger partial charge in [0.15, 0.2) is 0 Å². The molecule has 0 unspecified atom stereocenters. The Bertz CT molecular complexity index is 661. The molecule has 0 heterocycles. The monoisotopic (exact) mass is 327 g/mol. The summed E-state index contributed by atoms with van der Waals surface area (Å²) in [5.74, 6) is 0. The van der Waals surface area contributed by atoms with Crippen LogP contribution in [-0.2, 0) is 10.0 Å². The van der Waals surface area contributed by atoms with E-state index in [2.05, 4.69) is 9.93 Å². The molecule has 1 aromatic carbocycles. The van der Waals surface area contributed by atoms with E-state index < -0.39 is 14.9 Å². The van der Waals surface area contributed by atoms with E-state index in [0.29, 0.717) is 18.4 Å². The zero-order valence-electron chi connectivity index (χ0n) is 13.0. The van der Waals surface area contributed by atoms with Crippen LogP contribution >= 0.6 is 0 Å². The highest BCUT2D eigenvalue weighted by molar-refractivity contribution is 7.89. The fourth-order valence-electron chi connectivity index (χ4n) is 1.94. The Morgan fingerprint density at radius 2 is 1.86 bits per heavy atom. The van der Waals surface area contributed by atoms with Crippen LogP contribution < -0.4 is 4.83 Å². The van der Waals surface area contributed by atoms with Gasteiger partial charge in [-0.1, -0.05) is 32.8 Å². The summed E-state index contributed by atoms with van der Waals surface area (Å²) in [5.41, 5.74) is 0.953. The second-order valence-electron chi connectivity index (χ2n) is 4.98. The molecule has 1 N–H and O–H groups in total. The fraction of sp³-hybridized carbons (Fsp3) is 0.500. The molecule has 0 amide bonds. The van der Waals surface area contributed by atoms with Gasteiger partial charge in [-0.2, -0.15) is 13.5 Å². The lowest BCUT2D eigenvalue weighted by molar-refractivity contribution is -0.385. The average Bonchev–Trinajstić information content (AvgIpc) is 2.45. The molecule has 0 spiro atoms. The van der Waals surface area contributed by atoms with Gasteiger partial charge in [-0.25, -0.2) is 4.83 Å². The lowest BCUT2D eigenvalue weighted by atomic mass is 10.1. The van der Waals surface area contributed by atoms with Crippen molar-refractivity contribution in [3.8, 4) is 0 Å². The van der Waals surface area contributed by atoms with Crippen LogP contribution in [-0.4, -0.2) is 19.1 Å². The Labute approximate surface area is 130 Å². The molecule has 22 heavy (non-hydrogen) atoms. The number of hydrogen-bond donors (Lipinski definition) is 1. The number of benzene rings is 1. The molecule has 0 fully saturated rings. The van der Waals surface area contributed by atoms with E-state index in [1.807, 2.05) is 13.8 Å². The molecule has 0 saturated heterocycles. The number of nitro groups is 1. The summed E-state index contributed by atoms with van der Waals surface area (Å²) in [5, 5.41) is 14.9. The Kier molecular flexibility index (Phi) is 6.48. The number of hydrazone groups is 1. The third kappa shape index (κ3) is 4.80. The van der Waals surface area contributed by atoms with E-state index in [1.54, 1.807) is 6.92 Å². The summed E-state index contributed by atoms with van der Waals surface area (Å²) in [4.78, 5) is 12.3. The number of aryl methyl sites for hydroxylation is 1. The molecule has 0 saturated carbocycles. The van der Waals surface area contributed by atoms with Gasteiger partial charge in [0.05, 0.1) is 9.82 Å². The van der Waals surface area contributed by atoms with E-state index in [0.717, 1.165) is 24.6 Å². The minimum atomic E-state index is -3.91. The molecule has 1 rings (SSSR count). The minimum absolute atomic E-state index is 0.166. The first-order valence-electron chi connectivity index (χ1n) is 7.14. The van der Waals surface area contributed by atoms with Gasteiger partial charge in [0.2, 0.25) is 0 Å². The van der Waals surface area contributed by atoms with Crippen LogP contribution in [0, 0.1) is 17.0 Å². The van der Waals surface area contributed by atoms with Gasteiger partial charge in [0, 0.05) is 17.3 Å². The molecule has 0 aromatic heterocycles. The van der Waals surface area contributed by atoms with Crippen molar-refractivity contribution < 1.29 is 13.3 Å². The molecule has 0 aliphatic carbocycles. The quantitative estimate of drug-likeness (QED) is 0.450. The zero-order valence-corrected chi connectivity index (χ0v) is 13.8. The molecule has 7 nitrogen and oxygen atoms in total. The third-order valence-electron chi connectivity index (χ3n) is 3.09. The normalized spacial score (nSPS) is 11.0. The second kappa shape index (κ2) is 7.88. The third-order valence-corrected chi connectivity index (χ3v) is 4.29. The topological polar surface area (TPSA) is 102 Å². The number of hydrogen-bond acceptors (Lipinski definition) is 5. The molecular weight excluding hydrogens is 306 g/mol. The van der Waals surface area contributed by atoms with E-state index in [-0.39, 0.29) is 10.6 Å². The van der Waals surface area contributed by atoms with Crippen LogP contribution in [0.1, 0.15) is 45.1 Å². The second-order valence-corrected chi connectivity index (χ2v) is 6.64. The van der Waals surface area contributed by atoms with Crippen LogP contribution in [0.25, 0.3) is 0 Å². The summed E-state index contributed by atoms with van der Waals surface area (Å²) in [6.07, 6.45) is 3.17. The van der Waals surface area contributed by atoms with Crippen LogP contribution in [0.2, 0.25) is 0 Å². The highest BCUT2D eigenvalue weighted by Crippen LogP contribution is 2.22. The van der Waals surface area contributed by atoms with E-state index >= 15 is 0 Å². The highest BCUT2D eigenvalue weighted by atomic mass is 32.2. The van der Waals surface area contributed by atoms with Crippen molar-refractivity contribution in [2.75, 3.05) is 0 Å². The van der Waals surface area contributed by atoms with Crippen molar-refractivity contribution in [1.29, 1.82) is 0 Å². The molecular formula is C14H21N3O4S. The maximum Gasteiger partial charge on any atom is 0.276 e. The van der Waals surface area contributed by atoms with Gasteiger partial charge in [-0.15, -0.1) is 0 Å². The van der Waals surface area contributed by atoms with Gasteiger partial charge in [-0.3, -0.25) is 10.1 Å². The average molecular weight is 327 g/mol. The van der Waals surface area contributed by atoms with Gasteiger partial charge >= 0.3 is 0 Å². The van der Waals surface area contributed by atoms with Crippen molar-refractivity contribution in [3.05, 3.63) is 33.9 Å². The SMILES string of the molecule is CCCC(CCC)=NNS(=O)(=O)c1ccc(C)c([N+](=O)[O-])c1. The number of nitro benzene ring substituents is 1. The fourth-order valence-corrected chi connectivity index (χ4v) is 2.81. The maximum absolute atomic E-state index is 12.2. The van der Waals surface area contributed by atoms with Crippen molar-refractivity contribution in [2.24, 2.45) is 5.10 Å². The summed E-state index contributed by atoms with van der Waals surface area (Å²) >= 11 is 0. The Morgan fingerprint density at radius 3 is 2.36 bits per heavy atom. The van der Waals surface area contributed by atoms with Gasteiger partial charge in [0.25, 0.3) is 15.7 Å². The van der Waals surface area contributed by atoms with Gasteiger partial charge in [0.1, 0.15) is 0 Å². The van der Waals surface area contributed by atoms with Gasteiger partial charge in [-0.05, 0) is 25.8 Å². The zero-order chi connectivity index (χ0) is 16.8. The molecule has 8 heteroatoms. The van der Waals surface area contributed by atoms with E-state index in [1.165, 1.54) is 12.1 Å². The van der Waals surface area contributed by atoms with E-state index in [9.17, 15) is 18.5 Å². The molecule has 0 bridgehead atoms. The molecule has 122 valence electrons. The Balaban J connectivity index is 3.06. The molecule has 0 radical (unpaired) electrons. The van der Waals surface area contributed by atoms with Crippen LogP contribution in [0.15, 0.2) is 28.2 Å². The number of nitrogens with zero attached hydrogens (tertiary/aromatic N) is 2. The van der Waals surface area contributed by atoms with Crippen molar-refractivity contribution in [3.63, 3.8) is 0 Å². The van der Waals surface area contributed by atoms with Crippen molar-refractivity contribution in [2.45, 2.75) is 51.3 Å². The van der Waals surface area contributed by atoms with Crippen molar-refractivity contribution in [1.82, 2.24) is 4.83 Å². The number of sulfonamides is 1. The first-order chi connectivity index (χ1) is 10.3. The minimum Gasteiger partial charge on any atom is -0.258 e. The summed E-state index contributed by atoms with van der Waals surface area (Å²) < 4.78 is 24.4. The molecule has 0 aliphatic rings. The Morgan fingerprint density at radius 1 is 1.27 bits per heavy atom. The van der Waals surface area contributed by atoms with Crippen LogP contribution in [0.3, 0.4) is 0 Å². The first-order valence-corrected chi connectivity index (χ1v) is 8.62. The largest absolute Gasteiger partial charge is 0.276 e. The number of nitrogens with one attached hydrogen (secondary N) is 1. The summed E-state index contributed by atoms with van der Waals surface area (Å²) in [6.45, 7) is 5.53. The highest BCUT2D eigenvalue weighted by Gasteiger charge is 2.19. The number of rotatable bonds is 8. The van der Waals surface area contributed by atoms with E-state index in [4.69, 9.17) is 0 Å². The lowest BCUT2D eigenvalue weighted by Gasteiger charge is -2.07. The summed E-state index contributed by atoms with van der Waals surface area (Å²) in [7, 11) is -3.91. The molecule has 0 atom stereocenters. The summed E-state index contributed by atoms with van der Waals surface area (Å²) in [6, 6.07) is 3.79. The predicted octanol–water partition coefficient (Wildman–Crippen LogP) is 3.14. The predicted molar refractivity (Wildman–Crippen MR) is 85.4 cm³/mol. The van der Waals surface area contributed by atoms with Crippen molar-refractivity contribution >= 4 is 21.4 Å².